The Labute approximate surface area is 190 Å². The first-order valence-corrected chi connectivity index (χ1v) is 9.75. The summed E-state index contributed by atoms with van der Waals surface area (Å²) in [6.07, 6.45) is 0. The molecule has 30 heavy (non-hydrogen) atoms. The lowest BCUT2D eigenvalue weighted by atomic mass is 10.00. The summed E-state index contributed by atoms with van der Waals surface area (Å²) in [4.78, 5) is 36.7. The van der Waals surface area contributed by atoms with Gasteiger partial charge in [-0.2, -0.15) is 0 Å². The van der Waals surface area contributed by atoms with Crippen LogP contribution in [0.2, 0.25) is 20.1 Å². The lowest BCUT2D eigenvalue weighted by Crippen LogP contribution is -2.17. The van der Waals surface area contributed by atoms with E-state index in [1.54, 1.807) is 18.2 Å². The van der Waals surface area contributed by atoms with E-state index in [0.717, 1.165) is 0 Å². The first-order chi connectivity index (χ1) is 14.2. The number of carbonyl (C=O) groups is 2. The van der Waals surface area contributed by atoms with E-state index < -0.39 is 33.0 Å². The first kappa shape index (κ1) is 22.1. The molecular formula is C20H10Cl4N2O4. The average Bonchev–Trinajstić information content (AvgIpc) is 2.73. The van der Waals surface area contributed by atoms with E-state index >= 15 is 0 Å². The third-order valence-electron chi connectivity index (χ3n) is 4.09. The van der Waals surface area contributed by atoms with Gasteiger partial charge >= 0.3 is 5.69 Å². The van der Waals surface area contributed by atoms with Crippen molar-refractivity contribution in [3.63, 3.8) is 0 Å². The summed E-state index contributed by atoms with van der Waals surface area (Å²) in [5, 5.41) is 13.3. The quantitative estimate of drug-likeness (QED) is 0.189. The second-order valence-electron chi connectivity index (χ2n) is 5.95. The highest BCUT2D eigenvalue weighted by atomic mass is 35.5. The summed E-state index contributed by atoms with van der Waals surface area (Å²) < 4.78 is 0. The number of rotatable bonds is 5. The smallest absolute Gasteiger partial charge is 0.313 e. The van der Waals surface area contributed by atoms with Crippen molar-refractivity contribution in [2.75, 3.05) is 5.32 Å². The Kier molecular flexibility index (Phi) is 6.63. The number of nitro benzene ring substituents is 1. The molecule has 3 rings (SSSR count). The number of amides is 1. The molecule has 0 saturated carbocycles. The van der Waals surface area contributed by atoms with E-state index in [1.165, 1.54) is 36.4 Å². The zero-order valence-corrected chi connectivity index (χ0v) is 17.8. The second-order valence-corrected chi connectivity index (χ2v) is 7.52. The maximum Gasteiger partial charge on any atom is 0.313 e. The summed E-state index contributed by atoms with van der Waals surface area (Å²) in [7, 11) is 0. The molecule has 0 aliphatic carbocycles. The van der Waals surface area contributed by atoms with Crippen molar-refractivity contribution in [2.45, 2.75) is 0 Å². The van der Waals surface area contributed by atoms with Crippen LogP contribution in [0.25, 0.3) is 0 Å². The predicted octanol–water partition coefficient (Wildman–Crippen LogP) is 6.69. The molecule has 0 spiro atoms. The SMILES string of the molecule is O=C(Nc1c(C(=O)c2ccc(Cl)cc2)c(Cl)c(Cl)c(Cl)c1[N+](=O)[O-])c1ccccc1. The van der Waals surface area contributed by atoms with E-state index in [1.807, 2.05) is 0 Å². The molecule has 10 heteroatoms. The lowest BCUT2D eigenvalue weighted by molar-refractivity contribution is -0.383. The number of nitrogens with one attached hydrogen (secondary N) is 1. The van der Waals surface area contributed by atoms with Crippen molar-refractivity contribution in [1.29, 1.82) is 0 Å². The van der Waals surface area contributed by atoms with Gasteiger partial charge in [-0.25, -0.2) is 0 Å². The monoisotopic (exact) mass is 482 g/mol. The fraction of sp³-hybridized carbons (Fsp3) is 0. The Hall–Kier alpha value is -2.64. The van der Waals surface area contributed by atoms with Crippen LogP contribution in [0.3, 0.4) is 0 Å². The number of hydrogen-bond acceptors (Lipinski definition) is 4. The molecule has 1 N–H and O–H groups in total. The van der Waals surface area contributed by atoms with Crippen LogP contribution in [0, 0.1) is 10.1 Å². The van der Waals surface area contributed by atoms with E-state index in [0.29, 0.717) is 5.02 Å². The van der Waals surface area contributed by atoms with Crippen molar-refractivity contribution in [1.82, 2.24) is 0 Å². The Balaban J connectivity index is 2.24. The molecule has 0 unspecified atom stereocenters. The van der Waals surface area contributed by atoms with Crippen LogP contribution >= 0.6 is 46.4 Å². The third kappa shape index (κ3) is 4.27. The van der Waals surface area contributed by atoms with E-state index in [2.05, 4.69) is 5.32 Å². The Morgan fingerprint density at radius 3 is 1.97 bits per heavy atom. The highest BCUT2D eigenvalue weighted by molar-refractivity contribution is 6.51. The molecule has 0 atom stereocenters. The van der Waals surface area contributed by atoms with E-state index in [9.17, 15) is 19.7 Å². The van der Waals surface area contributed by atoms with Crippen LogP contribution in [0.5, 0.6) is 0 Å². The maximum absolute atomic E-state index is 13.2. The van der Waals surface area contributed by atoms with E-state index in [-0.39, 0.29) is 26.7 Å². The molecule has 1 amide bonds. The second kappa shape index (κ2) is 9.02. The van der Waals surface area contributed by atoms with Gasteiger partial charge in [0, 0.05) is 16.1 Å². The van der Waals surface area contributed by atoms with Gasteiger partial charge in [-0.15, -0.1) is 0 Å². The maximum atomic E-state index is 13.2. The zero-order valence-electron chi connectivity index (χ0n) is 14.8. The highest BCUT2D eigenvalue weighted by Gasteiger charge is 2.33. The molecule has 0 radical (unpaired) electrons. The van der Waals surface area contributed by atoms with Crippen LogP contribution in [-0.2, 0) is 0 Å². The van der Waals surface area contributed by atoms with Crippen LogP contribution in [0.15, 0.2) is 54.6 Å². The third-order valence-corrected chi connectivity index (χ3v) is 5.66. The van der Waals surface area contributed by atoms with Gasteiger partial charge in [0.15, 0.2) is 5.78 Å². The number of nitro groups is 1. The normalized spacial score (nSPS) is 10.5. The number of nitrogens with zero attached hydrogens (tertiary/aromatic N) is 1. The Bertz CT molecular complexity index is 1170. The molecule has 0 aliphatic heterocycles. The fourth-order valence-corrected chi connectivity index (χ4v) is 3.57. The van der Waals surface area contributed by atoms with Crippen molar-refractivity contribution in [3.8, 4) is 0 Å². The van der Waals surface area contributed by atoms with Crippen molar-refractivity contribution in [2.24, 2.45) is 0 Å². The molecule has 152 valence electrons. The number of hydrogen-bond donors (Lipinski definition) is 1. The molecule has 0 aliphatic rings. The Morgan fingerprint density at radius 1 is 0.800 bits per heavy atom. The van der Waals surface area contributed by atoms with Crippen molar-refractivity contribution in [3.05, 3.63) is 101 Å². The van der Waals surface area contributed by atoms with Gasteiger partial charge in [0.25, 0.3) is 5.91 Å². The minimum Gasteiger partial charge on any atom is -0.316 e. The number of carbonyl (C=O) groups excluding carboxylic acids is 2. The van der Waals surface area contributed by atoms with Gasteiger partial charge in [0.2, 0.25) is 0 Å². The van der Waals surface area contributed by atoms with Gasteiger partial charge in [-0.05, 0) is 36.4 Å². The minimum absolute atomic E-state index is 0.129. The molecule has 3 aromatic rings. The standard InChI is InChI=1S/C20H10Cl4N2O4/c21-12-8-6-10(7-9-12)19(27)13-14(22)15(23)16(24)18(26(29)30)17(13)25-20(28)11-4-2-1-3-5-11/h1-9H,(H,25,28). The van der Waals surface area contributed by atoms with Gasteiger partial charge in [-0.1, -0.05) is 64.6 Å². The van der Waals surface area contributed by atoms with Gasteiger partial charge in [0.1, 0.15) is 10.7 Å². The largest absolute Gasteiger partial charge is 0.316 e. The zero-order chi connectivity index (χ0) is 22.0. The van der Waals surface area contributed by atoms with Crippen LogP contribution in [0.1, 0.15) is 26.3 Å². The number of anilines is 1. The number of ketones is 1. The summed E-state index contributed by atoms with van der Waals surface area (Å²) in [6, 6.07) is 13.7. The average molecular weight is 484 g/mol. The molecule has 6 nitrogen and oxygen atoms in total. The molecule has 0 bridgehead atoms. The summed E-state index contributed by atoms with van der Waals surface area (Å²) in [6.45, 7) is 0. The fourth-order valence-electron chi connectivity index (χ4n) is 2.68. The van der Waals surface area contributed by atoms with Gasteiger partial charge < -0.3 is 5.32 Å². The molecule has 0 fully saturated rings. The summed E-state index contributed by atoms with van der Waals surface area (Å²) >= 11 is 24.2. The lowest BCUT2D eigenvalue weighted by Gasteiger charge is -2.15. The molecule has 0 saturated heterocycles. The number of halogens is 4. The molecular weight excluding hydrogens is 474 g/mol. The topological polar surface area (TPSA) is 89.3 Å². The minimum atomic E-state index is -0.843. The van der Waals surface area contributed by atoms with Gasteiger partial charge in [0.05, 0.1) is 20.5 Å². The number of benzene rings is 3. The van der Waals surface area contributed by atoms with Crippen LogP contribution < -0.4 is 5.32 Å². The first-order valence-electron chi connectivity index (χ1n) is 8.23. The summed E-state index contributed by atoms with van der Waals surface area (Å²) in [5.41, 5.74) is -1.21. The predicted molar refractivity (Wildman–Crippen MR) is 117 cm³/mol. The molecule has 0 heterocycles. The van der Waals surface area contributed by atoms with Crippen molar-refractivity contribution < 1.29 is 14.5 Å². The van der Waals surface area contributed by atoms with Crippen molar-refractivity contribution >= 4 is 69.5 Å². The van der Waals surface area contributed by atoms with Crippen LogP contribution in [0.4, 0.5) is 11.4 Å². The van der Waals surface area contributed by atoms with Crippen LogP contribution in [-0.4, -0.2) is 16.6 Å². The molecule has 0 aromatic heterocycles. The van der Waals surface area contributed by atoms with E-state index in [4.69, 9.17) is 46.4 Å². The summed E-state index contributed by atoms with van der Waals surface area (Å²) in [5.74, 6) is -1.40. The molecule has 3 aromatic carbocycles. The van der Waals surface area contributed by atoms with Gasteiger partial charge in [-0.3, -0.25) is 19.7 Å². The highest BCUT2D eigenvalue weighted by Crippen LogP contribution is 2.47. The Morgan fingerprint density at radius 2 is 1.40 bits per heavy atom.